The number of rotatable bonds is 27. The van der Waals surface area contributed by atoms with Gasteiger partial charge in [-0.25, -0.2) is 0 Å². The van der Waals surface area contributed by atoms with Gasteiger partial charge in [-0.1, -0.05) is 91.0 Å². The first-order valence-electron chi connectivity index (χ1n) is 15.7. The Bertz CT molecular complexity index is 965. The molecule has 3 rings (SSSR count). The van der Waals surface area contributed by atoms with Gasteiger partial charge in [0.15, 0.2) is 0 Å². The van der Waals surface area contributed by atoms with E-state index in [1.165, 1.54) is 16.7 Å². The highest BCUT2D eigenvalue weighted by atomic mass is 16.5. The lowest BCUT2D eigenvalue weighted by atomic mass is 9.77. The van der Waals surface area contributed by atoms with Crippen molar-refractivity contribution in [1.82, 2.24) is 10.6 Å². The van der Waals surface area contributed by atoms with Crippen molar-refractivity contribution in [2.24, 2.45) is 5.73 Å². The van der Waals surface area contributed by atoms with Gasteiger partial charge < -0.3 is 39.5 Å². The van der Waals surface area contributed by atoms with Crippen LogP contribution in [0.25, 0.3) is 0 Å². The molecule has 9 heteroatoms. The molecule has 0 saturated heterocycles. The molecule has 0 atom stereocenters. The minimum atomic E-state index is -0.488. The van der Waals surface area contributed by atoms with Crippen LogP contribution in [0.15, 0.2) is 91.0 Å². The molecule has 0 aliphatic heterocycles. The Labute approximate surface area is 263 Å². The number of ether oxygens (including phenoxy) is 6. The highest BCUT2D eigenvalue weighted by Crippen LogP contribution is 2.36. The number of hydrogen-bond donors (Lipinski definition) is 3. The van der Waals surface area contributed by atoms with Gasteiger partial charge in [0, 0.05) is 26.2 Å². The van der Waals surface area contributed by atoms with Crippen molar-refractivity contribution in [2.75, 3.05) is 105 Å². The number of benzene rings is 3. The highest BCUT2D eigenvalue weighted by molar-refractivity contribution is 5.49. The molecule has 0 bridgehead atoms. The summed E-state index contributed by atoms with van der Waals surface area (Å²) in [7, 11) is 0. The third-order valence-corrected chi connectivity index (χ3v) is 6.85. The van der Waals surface area contributed by atoms with Crippen LogP contribution in [0.1, 0.15) is 16.7 Å². The van der Waals surface area contributed by atoms with Crippen molar-refractivity contribution in [1.29, 1.82) is 0 Å². The summed E-state index contributed by atoms with van der Waals surface area (Å²) in [4.78, 5) is 0. The largest absolute Gasteiger partial charge is 0.378 e. The summed E-state index contributed by atoms with van der Waals surface area (Å²) >= 11 is 0. The van der Waals surface area contributed by atoms with E-state index in [1.807, 2.05) is 0 Å². The van der Waals surface area contributed by atoms with Gasteiger partial charge in [0.1, 0.15) is 0 Å². The Morgan fingerprint density at radius 1 is 0.409 bits per heavy atom. The number of nitrogens with two attached hydrogens (primary N) is 1. The van der Waals surface area contributed by atoms with Gasteiger partial charge in [0.05, 0.1) is 84.8 Å². The summed E-state index contributed by atoms with van der Waals surface area (Å²) < 4.78 is 33.4. The molecule has 0 amide bonds. The summed E-state index contributed by atoms with van der Waals surface area (Å²) in [6.07, 6.45) is 0. The van der Waals surface area contributed by atoms with Gasteiger partial charge in [-0.15, -0.1) is 0 Å². The number of nitrogens with one attached hydrogen (secondary N) is 2. The monoisotopic (exact) mass is 609 g/mol. The van der Waals surface area contributed by atoms with Crippen molar-refractivity contribution < 1.29 is 28.4 Å². The molecule has 44 heavy (non-hydrogen) atoms. The van der Waals surface area contributed by atoms with Gasteiger partial charge in [0.25, 0.3) is 0 Å². The maximum Gasteiger partial charge on any atom is 0.0948 e. The second kappa shape index (κ2) is 23.7. The second-order valence-electron chi connectivity index (χ2n) is 9.99. The van der Waals surface area contributed by atoms with Crippen LogP contribution in [0, 0.1) is 0 Å². The van der Waals surface area contributed by atoms with Gasteiger partial charge in [0.2, 0.25) is 0 Å². The van der Waals surface area contributed by atoms with Crippen LogP contribution >= 0.6 is 0 Å². The van der Waals surface area contributed by atoms with E-state index in [-0.39, 0.29) is 0 Å². The lowest BCUT2D eigenvalue weighted by Gasteiger charge is -2.37. The minimum Gasteiger partial charge on any atom is -0.378 e. The quantitative estimate of drug-likeness (QED) is 0.0888. The summed E-state index contributed by atoms with van der Waals surface area (Å²) in [6.45, 7) is 9.59. The normalized spacial score (nSPS) is 11.7. The van der Waals surface area contributed by atoms with E-state index < -0.39 is 5.54 Å². The van der Waals surface area contributed by atoms with E-state index in [4.69, 9.17) is 34.2 Å². The van der Waals surface area contributed by atoms with E-state index >= 15 is 0 Å². The first kappa shape index (κ1) is 35.8. The summed E-state index contributed by atoms with van der Waals surface area (Å²) in [5.41, 5.74) is 8.43. The average Bonchev–Trinajstić information content (AvgIpc) is 3.08. The van der Waals surface area contributed by atoms with Crippen molar-refractivity contribution in [3.63, 3.8) is 0 Å². The predicted molar refractivity (Wildman–Crippen MR) is 174 cm³/mol. The van der Waals surface area contributed by atoms with Crippen LogP contribution in [0.5, 0.6) is 0 Å². The lowest BCUT2D eigenvalue weighted by molar-refractivity contribution is 0.0129. The van der Waals surface area contributed by atoms with Crippen molar-refractivity contribution in [3.05, 3.63) is 108 Å². The van der Waals surface area contributed by atoms with Crippen molar-refractivity contribution >= 4 is 0 Å². The molecule has 242 valence electrons. The maximum atomic E-state index is 5.90. The summed E-state index contributed by atoms with van der Waals surface area (Å²) in [5.74, 6) is 0. The Kier molecular flexibility index (Phi) is 19.2. The molecule has 3 aromatic carbocycles. The van der Waals surface area contributed by atoms with Crippen LogP contribution in [0.4, 0.5) is 0 Å². The highest BCUT2D eigenvalue weighted by Gasteiger charge is 2.35. The first-order valence-corrected chi connectivity index (χ1v) is 15.7. The zero-order chi connectivity index (χ0) is 30.8. The minimum absolute atomic E-state index is 0.488. The van der Waals surface area contributed by atoms with Gasteiger partial charge in [-0.05, 0) is 16.7 Å². The van der Waals surface area contributed by atoms with E-state index in [0.29, 0.717) is 92.4 Å². The molecule has 0 aliphatic carbocycles. The topological polar surface area (TPSA) is 105 Å². The molecule has 0 fully saturated rings. The van der Waals surface area contributed by atoms with Crippen LogP contribution in [-0.4, -0.2) is 105 Å². The third kappa shape index (κ3) is 13.5. The average molecular weight is 610 g/mol. The predicted octanol–water partition coefficient (Wildman–Crippen LogP) is 3.22. The van der Waals surface area contributed by atoms with Crippen molar-refractivity contribution in [3.8, 4) is 0 Å². The van der Waals surface area contributed by atoms with E-state index in [0.717, 1.165) is 13.1 Å². The smallest absolute Gasteiger partial charge is 0.0948 e. The summed E-state index contributed by atoms with van der Waals surface area (Å²) in [6, 6.07) is 31.7. The molecule has 0 heterocycles. The van der Waals surface area contributed by atoms with Crippen LogP contribution < -0.4 is 16.4 Å². The second-order valence-corrected chi connectivity index (χ2v) is 9.99. The molecule has 0 unspecified atom stereocenters. The van der Waals surface area contributed by atoms with Crippen LogP contribution in [0.3, 0.4) is 0 Å². The Hall–Kier alpha value is -2.70. The molecular formula is C35H51N3O6. The first-order chi connectivity index (χ1) is 21.9. The fourth-order valence-corrected chi connectivity index (χ4v) is 4.76. The Morgan fingerprint density at radius 3 is 1.09 bits per heavy atom. The molecular weight excluding hydrogens is 558 g/mol. The third-order valence-electron chi connectivity index (χ3n) is 6.85. The van der Waals surface area contributed by atoms with Crippen LogP contribution in [0.2, 0.25) is 0 Å². The molecule has 0 spiro atoms. The Morgan fingerprint density at radius 2 is 0.727 bits per heavy atom. The molecule has 9 nitrogen and oxygen atoms in total. The van der Waals surface area contributed by atoms with Gasteiger partial charge in [-0.2, -0.15) is 0 Å². The van der Waals surface area contributed by atoms with Crippen molar-refractivity contribution in [2.45, 2.75) is 5.54 Å². The molecule has 4 N–H and O–H groups in total. The van der Waals surface area contributed by atoms with E-state index in [9.17, 15) is 0 Å². The van der Waals surface area contributed by atoms with Crippen LogP contribution in [-0.2, 0) is 34.0 Å². The molecule has 0 radical (unpaired) electrons. The maximum absolute atomic E-state index is 5.90. The molecule has 0 aromatic heterocycles. The zero-order valence-corrected chi connectivity index (χ0v) is 26.0. The van der Waals surface area contributed by atoms with Gasteiger partial charge >= 0.3 is 0 Å². The molecule has 0 aliphatic rings. The molecule has 3 aromatic rings. The zero-order valence-electron chi connectivity index (χ0n) is 26.0. The Balaban J connectivity index is 1.21. The molecule has 0 saturated carbocycles. The fourth-order valence-electron chi connectivity index (χ4n) is 4.76. The van der Waals surface area contributed by atoms with E-state index in [2.05, 4.69) is 102 Å². The van der Waals surface area contributed by atoms with E-state index in [1.54, 1.807) is 0 Å². The summed E-state index contributed by atoms with van der Waals surface area (Å²) in [5, 5.41) is 7.13. The number of hydrogen-bond acceptors (Lipinski definition) is 9. The lowest BCUT2D eigenvalue weighted by Crippen LogP contribution is -2.46. The standard InChI is InChI=1S/C35H51N3O6/c36-16-20-39-24-28-43-29-25-40-21-17-37-18-22-41-26-30-44-31-27-42-23-19-38-35(32-10-4-1-5-11-32,33-12-6-2-7-13-33)34-14-8-3-9-15-34/h1-15,37-38H,16-31,36H2. The van der Waals surface area contributed by atoms with Gasteiger partial charge in [-0.3, -0.25) is 5.32 Å². The SMILES string of the molecule is NCCOCCOCCOCCNCCOCCOCCOCCNC(c1ccccc1)(c1ccccc1)c1ccccc1. The fraction of sp³-hybridized carbons (Fsp3) is 0.486.